The number of oxime groups is 2. The molecule has 4 nitrogen and oxygen atoms in total. The highest BCUT2D eigenvalue weighted by molar-refractivity contribution is 9.18. The first-order chi connectivity index (χ1) is 12.5. The predicted octanol–water partition coefficient (Wildman–Crippen LogP) is 7.24. The summed E-state index contributed by atoms with van der Waals surface area (Å²) in [6.45, 7) is 0. The van der Waals surface area contributed by atoms with E-state index >= 15 is 0 Å². The molecule has 2 aromatic carbocycles. The van der Waals surface area contributed by atoms with Crippen LogP contribution < -0.4 is 0 Å². The first-order valence-electron chi connectivity index (χ1n) is 7.78. The zero-order valence-corrected chi connectivity index (χ0v) is 19.8. The number of rotatable bonds is 2. The maximum atomic E-state index is 5.22. The fourth-order valence-corrected chi connectivity index (χ4v) is 3.69. The molecule has 2 aromatic rings. The molecule has 2 aliphatic rings. The third-order valence-corrected chi connectivity index (χ3v) is 5.74. The van der Waals surface area contributed by atoms with E-state index in [9.17, 15) is 0 Å². The minimum atomic E-state index is 0.0717. The van der Waals surface area contributed by atoms with Gasteiger partial charge in [-0.15, -0.1) is 0 Å². The van der Waals surface area contributed by atoms with Crippen LogP contribution in [0.2, 0.25) is 0 Å². The van der Waals surface area contributed by atoms with Crippen molar-refractivity contribution in [3.63, 3.8) is 0 Å². The summed E-state index contributed by atoms with van der Waals surface area (Å²) in [5.41, 5.74) is 2.31. The first kappa shape index (κ1) is 20.0. The van der Waals surface area contributed by atoms with Gasteiger partial charge in [-0.05, 0) is 67.3 Å². The van der Waals surface area contributed by atoms with Crippen LogP contribution in [0.3, 0.4) is 0 Å². The molecule has 2 atom stereocenters. The van der Waals surface area contributed by atoms with Gasteiger partial charge in [0.2, 0.25) is 0 Å². The SMILES string of the molecule is BrC1=NO[C@@H](c2ccc(Br)cc2)C1.BrC1=NO[C@H](c2ccc(Br)cc2)C1. The molecule has 0 aromatic heterocycles. The Labute approximate surface area is 185 Å². The average molecular weight is 610 g/mol. The lowest BCUT2D eigenvalue weighted by molar-refractivity contribution is 0.0857. The maximum Gasteiger partial charge on any atom is 0.158 e. The van der Waals surface area contributed by atoms with Gasteiger partial charge >= 0.3 is 0 Å². The summed E-state index contributed by atoms with van der Waals surface area (Å²) in [5.74, 6) is 0. The summed E-state index contributed by atoms with van der Waals surface area (Å²) in [7, 11) is 0. The minimum absolute atomic E-state index is 0.0717. The van der Waals surface area contributed by atoms with E-state index in [-0.39, 0.29) is 12.2 Å². The summed E-state index contributed by atoms with van der Waals surface area (Å²) < 4.78 is 3.91. The van der Waals surface area contributed by atoms with Crippen molar-refractivity contribution in [2.24, 2.45) is 10.3 Å². The van der Waals surface area contributed by atoms with Crippen LogP contribution in [0.25, 0.3) is 0 Å². The van der Waals surface area contributed by atoms with E-state index in [4.69, 9.17) is 9.68 Å². The molecule has 136 valence electrons. The molecule has 8 heteroatoms. The molecular formula is C18H14Br4N2O2. The number of nitrogens with zero attached hydrogens (tertiary/aromatic N) is 2. The molecule has 26 heavy (non-hydrogen) atoms. The standard InChI is InChI=1S/2C9H7Br2NO/c2*10-7-3-1-6(2-4-7)8-5-9(11)12-13-8/h2*1-4,8H,5H2/t2*8-/m10/s1. The Kier molecular flexibility index (Phi) is 7.31. The van der Waals surface area contributed by atoms with Gasteiger partial charge < -0.3 is 9.68 Å². The van der Waals surface area contributed by atoms with Gasteiger partial charge in [-0.2, -0.15) is 0 Å². The van der Waals surface area contributed by atoms with Crippen LogP contribution in [-0.2, 0) is 9.68 Å². The van der Waals surface area contributed by atoms with Crippen molar-refractivity contribution in [1.82, 2.24) is 0 Å². The Morgan fingerprint density at radius 2 is 0.962 bits per heavy atom. The highest BCUT2D eigenvalue weighted by Crippen LogP contribution is 2.30. The van der Waals surface area contributed by atoms with Gasteiger partial charge in [0.05, 0.1) is 0 Å². The monoisotopic (exact) mass is 606 g/mol. The van der Waals surface area contributed by atoms with Crippen LogP contribution in [0, 0.1) is 0 Å². The fourth-order valence-electron chi connectivity index (χ4n) is 2.41. The second-order valence-corrected chi connectivity index (χ2v) is 9.30. The molecule has 0 bridgehead atoms. The summed E-state index contributed by atoms with van der Waals surface area (Å²) in [6, 6.07) is 16.2. The minimum Gasteiger partial charge on any atom is -0.386 e. The Hall–Kier alpha value is -0.700. The highest BCUT2D eigenvalue weighted by atomic mass is 79.9. The van der Waals surface area contributed by atoms with Gasteiger partial charge in [0, 0.05) is 21.8 Å². The molecule has 0 unspecified atom stereocenters. The van der Waals surface area contributed by atoms with E-state index in [1.165, 1.54) is 0 Å². The van der Waals surface area contributed by atoms with Crippen molar-refractivity contribution in [3.05, 3.63) is 68.6 Å². The molecule has 0 spiro atoms. The normalized spacial score (nSPS) is 21.1. The second-order valence-electron chi connectivity index (χ2n) is 5.63. The van der Waals surface area contributed by atoms with E-state index < -0.39 is 0 Å². The van der Waals surface area contributed by atoms with Crippen LogP contribution >= 0.6 is 63.7 Å². The molecule has 0 saturated heterocycles. The molecule has 0 radical (unpaired) electrons. The van der Waals surface area contributed by atoms with Gasteiger partial charge in [0.25, 0.3) is 0 Å². The Morgan fingerprint density at radius 1 is 0.615 bits per heavy atom. The van der Waals surface area contributed by atoms with Crippen molar-refractivity contribution in [3.8, 4) is 0 Å². The molecule has 0 aliphatic carbocycles. The quantitative estimate of drug-likeness (QED) is 0.360. The summed E-state index contributed by atoms with van der Waals surface area (Å²) >= 11 is 13.4. The predicted molar refractivity (Wildman–Crippen MR) is 118 cm³/mol. The van der Waals surface area contributed by atoms with Crippen LogP contribution in [-0.4, -0.2) is 9.24 Å². The zero-order valence-electron chi connectivity index (χ0n) is 13.4. The van der Waals surface area contributed by atoms with Crippen LogP contribution in [0.1, 0.15) is 36.2 Å². The fraction of sp³-hybridized carbons (Fsp3) is 0.222. The van der Waals surface area contributed by atoms with Crippen molar-refractivity contribution in [2.45, 2.75) is 25.0 Å². The largest absolute Gasteiger partial charge is 0.386 e. The maximum absolute atomic E-state index is 5.22. The molecular weight excluding hydrogens is 596 g/mol. The van der Waals surface area contributed by atoms with Gasteiger partial charge in [0.1, 0.15) is 9.24 Å². The highest BCUT2D eigenvalue weighted by Gasteiger charge is 2.21. The third kappa shape index (κ3) is 5.65. The smallest absolute Gasteiger partial charge is 0.158 e. The van der Waals surface area contributed by atoms with Gasteiger partial charge in [-0.3, -0.25) is 0 Å². The van der Waals surface area contributed by atoms with Gasteiger partial charge in [-0.25, -0.2) is 0 Å². The molecule has 0 amide bonds. The van der Waals surface area contributed by atoms with Gasteiger partial charge in [-0.1, -0.05) is 66.4 Å². The lowest BCUT2D eigenvalue weighted by Gasteiger charge is -2.07. The number of benzene rings is 2. The van der Waals surface area contributed by atoms with Crippen molar-refractivity contribution in [1.29, 1.82) is 0 Å². The van der Waals surface area contributed by atoms with Crippen molar-refractivity contribution >= 4 is 73.0 Å². The van der Waals surface area contributed by atoms with E-state index in [2.05, 4.69) is 74.0 Å². The van der Waals surface area contributed by atoms with E-state index in [0.29, 0.717) is 0 Å². The Morgan fingerprint density at radius 3 is 1.23 bits per heavy atom. The Bertz CT molecular complexity index is 737. The van der Waals surface area contributed by atoms with Crippen molar-refractivity contribution < 1.29 is 9.68 Å². The lowest BCUT2D eigenvalue weighted by atomic mass is 10.1. The van der Waals surface area contributed by atoms with Crippen LogP contribution in [0.4, 0.5) is 0 Å². The molecule has 2 heterocycles. The first-order valence-corrected chi connectivity index (χ1v) is 11.0. The van der Waals surface area contributed by atoms with Crippen LogP contribution in [0.15, 0.2) is 67.8 Å². The van der Waals surface area contributed by atoms with Crippen molar-refractivity contribution in [2.75, 3.05) is 0 Å². The summed E-state index contributed by atoms with van der Waals surface area (Å²) in [6.07, 6.45) is 1.79. The number of hydrogen-bond acceptors (Lipinski definition) is 4. The average Bonchev–Trinajstić information content (AvgIpc) is 3.25. The number of hydrogen-bond donors (Lipinski definition) is 0. The van der Waals surface area contributed by atoms with Gasteiger partial charge in [0.15, 0.2) is 12.2 Å². The second kappa shape index (κ2) is 9.48. The summed E-state index contributed by atoms with van der Waals surface area (Å²) in [4.78, 5) is 10.4. The molecule has 2 aliphatic heterocycles. The zero-order chi connectivity index (χ0) is 18.5. The van der Waals surface area contributed by atoms with E-state index in [1.54, 1.807) is 0 Å². The Balaban J connectivity index is 0.000000151. The molecule has 0 fully saturated rings. The molecule has 0 saturated carbocycles. The molecule has 4 rings (SSSR count). The molecule has 0 N–H and O–H groups in total. The summed E-state index contributed by atoms with van der Waals surface area (Å²) in [5, 5.41) is 7.68. The lowest BCUT2D eigenvalue weighted by Crippen LogP contribution is -1.96. The van der Waals surface area contributed by atoms with Crippen LogP contribution in [0.5, 0.6) is 0 Å². The van der Waals surface area contributed by atoms with E-state index in [1.807, 2.05) is 48.5 Å². The third-order valence-electron chi connectivity index (χ3n) is 3.75. The topological polar surface area (TPSA) is 43.2 Å². The van der Waals surface area contributed by atoms with E-state index in [0.717, 1.165) is 42.2 Å². The number of halogens is 4.